The number of hydrogen-bond acceptors (Lipinski definition) is 3. The van der Waals surface area contributed by atoms with Crippen LogP contribution in [0, 0.1) is 6.92 Å². The highest BCUT2D eigenvalue weighted by Gasteiger charge is 2.09. The first-order chi connectivity index (χ1) is 9.60. The number of hydrogen-bond donors (Lipinski definition) is 2. The van der Waals surface area contributed by atoms with Crippen LogP contribution in [0.1, 0.15) is 18.1 Å². The quantitative estimate of drug-likeness (QED) is 0.860. The van der Waals surface area contributed by atoms with Gasteiger partial charge >= 0.3 is 0 Å². The van der Waals surface area contributed by atoms with Crippen LogP contribution in [0.5, 0.6) is 11.5 Å². The Hall–Kier alpha value is -1.87. The number of aryl methyl sites for hydroxylation is 1. The Labute approximate surface area is 124 Å². The van der Waals surface area contributed by atoms with Gasteiger partial charge in [0.2, 0.25) is 0 Å². The summed E-state index contributed by atoms with van der Waals surface area (Å²) in [6.45, 7) is 5.02. The third-order valence-corrected chi connectivity index (χ3v) is 3.22. The van der Waals surface area contributed by atoms with E-state index in [0.717, 1.165) is 11.3 Å². The number of phenolic OH excluding ortho intramolecular Hbond substituents is 1. The van der Waals surface area contributed by atoms with Crippen LogP contribution in [-0.4, -0.2) is 11.7 Å². The molecule has 0 heterocycles. The van der Waals surface area contributed by atoms with Gasteiger partial charge in [0.15, 0.2) is 11.5 Å². The summed E-state index contributed by atoms with van der Waals surface area (Å²) in [4.78, 5) is 0. The van der Waals surface area contributed by atoms with Crippen LogP contribution in [0.4, 0.5) is 5.69 Å². The summed E-state index contributed by atoms with van der Waals surface area (Å²) in [7, 11) is 0. The first-order valence-corrected chi connectivity index (χ1v) is 6.92. The van der Waals surface area contributed by atoms with Gasteiger partial charge in [-0.05, 0) is 43.7 Å². The highest BCUT2D eigenvalue weighted by molar-refractivity contribution is 6.32. The molecule has 0 unspecified atom stereocenters. The monoisotopic (exact) mass is 291 g/mol. The lowest BCUT2D eigenvalue weighted by molar-refractivity contribution is 0.318. The number of benzene rings is 2. The number of aromatic hydroxyl groups is 1. The van der Waals surface area contributed by atoms with Crippen molar-refractivity contribution in [3.8, 4) is 11.5 Å². The first-order valence-electron chi connectivity index (χ1n) is 6.55. The second kappa shape index (κ2) is 6.53. The van der Waals surface area contributed by atoms with Gasteiger partial charge in [0.1, 0.15) is 0 Å². The zero-order chi connectivity index (χ0) is 14.5. The number of nitrogens with one attached hydrogen (secondary N) is 1. The minimum absolute atomic E-state index is 0.00685. The zero-order valence-electron chi connectivity index (χ0n) is 11.6. The van der Waals surface area contributed by atoms with E-state index in [4.69, 9.17) is 16.3 Å². The van der Waals surface area contributed by atoms with Crippen LogP contribution >= 0.6 is 11.6 Å². The minimum Gasteiger partial charge on any atom is -0.503 e. The Morgan fingerprint density at radius 3 is 2.55 bits per heavy atom. The van der Waals surface area contributed by atoms with Crippen molar-refractivity contribution < 1.29 is 9.84 Å². The van der Waals surface area contributed by atoms with Gasteiger partial charge in [-0.15, -0.1) is 0 Å². The summed E-state index contributed by atoms with van der Waals surface area (Å²) in [5.74, 6) is 0.410. The molecule has 2 aromatic rings. The van der Waals surface area contributed by atoms with E-state index in [0.29, 0.717) is 23.9 Å². The van der Waals surface area contributed by atoms with E-state index in [9.17, 15) is 5.11 Å². The third-order valence-electron chi connectivity index (χ3n) is 2.94. The van der Waals surface area contributed by atoms with Crippen molar-refractivity contribution in [2.75, 3.05) is 11.9 Å². The van der Waals surface area contributed by atoms with Crippen molar-refractivity contribution in [1.29, 1.82) is 0 Å². The van der Waals surface area contributed by atoms with Gasteiger partial charge in [-0.2, -0.15) is 0 Å². The fraction of sp³-hybridized carbons (Fsp3) is 0.250. The largest absolute Gasteiger partial charge is 0.503 e. The predicted octanol–water partition coefficient (Wildman–Crippen LogP) is 4.36. The van der Waals surface area contributed by atoms with Crippen molar-refractivity contribution >= 4 is 17.3 Å². The lowest BCUT2D eigenvalue weighted by atomic mass is 10.2. The second-order valence-corrected chi connectivity index (χ2v) is 4.98. The molecule has 3 nitrogen and oxygen atoms in total. The molecule has 2 N–H and O–H groups in total. The van der Waals surface area contributed by atoms with Crippen LogP contribution < -0.4 is 10.1 Å². The maximum Gasteiger partial charge on any atom is 0.176 e. The lowest BCUT2D eigenvalue weighted by Crippen LogP contribution is -2.01. The van der Waals surface area contributed by atoms with Gasteiger partial charge in [-0.25, -0.2) is 0 Å². The van der Waals surface area contributed by atoms with Crippen molar-refractivity contribution in [2.24, 2.45) is 0 Å². The van der Waals surface area contributed by atoms with Crippen LogP contribution in [0.25, 0.3) is 0 Å². The van der Waals surface area contributed by atoms with Gasteiger partial charge in [0.25, 0.3) is 0 Å². The molecule has 0 amide bonds. The number of halogens is 1. The summed E-state index contributed by atoms with van der Waals surface area (Å²) in [5.41, 5.74) is 3.22. The van der Waals surface area contributed by atoms with E-state index >= 15 is 0 Å². The smallest absolute Gasteiger partial charge is 0.176 e. The zero-order valence-corrected chi connectivity index (χ0v) is 12.4. The van der Waals surface area contributed by atoms with Gasteiger partial charge < -0.3 is 15.2 Å². The van der Waals surface area contributed by atoms with Crippen LogP contribution in [0.3, 0.4) is 0 Å². The summed E-state index contributed by atoms with van der Waals surface area (Å²) in [6, 6.07) is 11.7. The molecule has 0 aliphatic carbocycles. The van der Waals surface area contributed by atoms with E-state index in [1.165, 1.54) is 5.56 Å². The van der Waals surface area contributed by atoms with Gasteiger partial charge in [-0.1, -0.05) is 29.3 Å². The van der Waals surface area contributed by atoms with E-state index in [1.54, 1.807) is 12.1 Å². The summed E-state index contributed by atoms with van der Waals surface area (Å²) >= 11 is 6.00. The molecule has 106 valence electrons. The number of ether oxygens (including phenoxy) is 1. The van der Waals surface area contributed by atoms with Crippen LogP contribution in [0.2, 0.25) is 5.02 Å². The fourth-order valence-corrected chi connectivity index (χ4v) is 2.10. The molecule has 0 fully saturated rings. The van der Waals surface area contributed by atoms with Gasteiger partial charge in [0.05, 0.1) is 11.6 Å². The predicted molar refractivity (Wildman–Crippen MR) is 82.8 cm³/mol. The van der Waals surface area contributed by atoms with Crippen LogP contribution in [0.15, 0.2) is 36.4 Å². The molecule has 0 radical (unpaired) electrons. The molecule has 0 atom stereocenters. The Morgan fingerprint density at radius 2 is 1.90 bits per heavy atom. The van der Waals surface area contributed by atoms with E-state index in [-0.39, 0.29) is 5.75 Å². The maximum absolute atomic E-state index is 9.79. The number of rotatable bonds is 5. The molecule has 0 aliphatic heterocycles. The molecular formula is C16H18ClNO2. The lowest BCUT2D eigenvalue weighted by Gasteiger charge is -2.11. The summed E-state index contributed by atoms with van der Waals surface area (Å²) in [6.07, 6.45) is 0. The molecular weight excluding hydrogens is 274 g/mol. The van der Waals surface area contributed by atoms with E-state index < -0.39 is 0 Å². The van der Waals surface area contributed by atoms with Crippen molar-refractivity contribution in [3.63, 3.8) is 0 Å². The topological polar surface area (TPSA) is 41.5 Å². The van der Waals surface area contributed by atoms with Crippen molar-refractivity contribution in [2.45, 2.75) is 20.4 Å². The Kier molecular flexibility index (Phi) is 4.74. The molecule has 4 heteroatoms. The van der Waals surface area contributed by atoms with E-state index in [1.807, 2.05) is 19.1 Å². The molecule has 0 saturated heterocycles. The van der Waals surface area contributed by atoms with E-state index in [2.05, 4.69) is 24.4 Å². The van der Waals surface area contributed by atoms with Crippen molar-refractivity contribution in [1.82, 2.24) is 0 Å². The van der Waals surface area contributed by atoms with Crippen molar-refractivity contribution in [3.05, 3.63) is 52.5 Å². The average molecular weight is 292 g/mol. The standard InChI is InChI=1S/C16H18ClNO2/c1-3-20-15-9-12(8-14(17)16(15)19)10-18-13-6-4-11(2)5-7-13/h4-9,18-19H,3,10H2,1-2H3. The molecule has 0 aliphatic rings. The summed E-state index contributed by atoms with van der Waals surface area (Å²) < 4.78 is 5.36. The number of phenols is 1. The fourth-order valence-electron chi connectivity index (χ4n) is 1.87. The molecule has 0 aromatic heterocycles. The highest BCUT2D eigenvalue weighted by Crippen LogP contribution is 2.35. The SMILES string of the molecule is CCOc1cc(CNc2ccc(C)cc2)cc(Cl)c1O. The molecule has 2 rings (SSSR count). The number of anilines is 1. The molecule has 0 spiro atoms. The highest BCUT2D eigenvalue weighted by atomic mass is 35.5. The van der Waals surface area contributed by atoms with Crippen LogP contribution in [-0.2, 0) is 6.54 Å². The molecule has 20 heavy (non-hydrogen) atoms. The average Bonchev–Trinajstić information content (AvgIpc) is 2.44. The summed E-state index contributed by atoms with van der Waals surface area (Å²) in [5, 5.41) is 13.4. The Morgan fingerprint density at radius 1 is 1.20 bits per heavy atom. The second-order valence-electron chi connectivity index (χ2n) is 4.58. The Balaban J connectivity index is 2.11. The third kappa shape index (κ3) is 3.58. The van der Waals surface area contributed by atoms with Gasteiger partial charge in [-0.3, -0.25) is 0 Å². The first kappa shape index (κ1) is 14.5. The maximum atomic E-state index is 9.79. The normalized spacial score (nSPS) is 10.3. The molecule has 2 aromatic carbocycles. The molecule has 0 bridgehead atoms. The van der Waals surface area contributed by atoms with Gasteiger partial charge in [0, 0.05) is 12.2 Å². The molecule has 0 saturated carbocycles. The Bertz CT molecular complexity index is 582. The minimum atomic E-state index is -0.00685.